The van der Waals surface area contributed by atoms with Crippen LogP contribution < -0.4 is 16.4 Å². The lowest BCUT2D eigenvalue weighted by Crippen LogP contribution is -2.48. The van der Waals surface area contributed by atoms with Crippen molar-refractivity contribution in [1.82, 2.24) is 15.5 Å². The van der Waals surface area contributed by atoms with E-state index in [9.17, 15) is 14.4 Å². The largest absolute Gasteiger partial charge is 0.480 e. The van der Waals surface area contributed by atoms with Gasteiger partial charge in [0.25, 0.3) is 0 Å². The maximum absolute atomic E-state index is 11.6. The summed E-state index contributed by atoms with van der Waals surface area (Å²) < 4.78 is 0. The van der Waals surface area contributed by atoms with Crippen LogP contribution in [0.5, 0.6) is 0 Å². The van der Waals surface area contributed by atoms with Gasteiger partial charge in [-0.25, -0.2) is 9.59 Å². The van der Waals surface area contributed by atoms with E-state index in [-0.39, 0.29) is 0 Å². The van der Waals surface area contributed by atoms with E-state index in [2.05, 4.69) is 22.5 Å². The minimum atomic E-state index is -1.29. The summed E-state index contributed by atoms with van der Waals surface area (Å²) in [7, 11) is 0. The molecule has 0 saturated carbocycles. The standard InChI is InChI=1S/C12H22N4O4/c1-2-16-4-3-8(7-16)6-14-12(20)15-9(11(18)19)5-10(13)17/h8-9H,2-7H2,1H3,(H2,13,17)(H,18,19)(H2,14,15,20)/t8?,9-/m1/s1. The number of carboxylic acid groups (broad SMARTS) is 1. The maximum Gasteiger partial charge on any atom is 0.326 e. The highest BCUT2D eigenvalue weighted by atomic mass is 16.4. The van der Waals surface area contributed by atoms with Gasteiger partial charge in [-0.1, -0.05) is 6.92 Å². The zero-order valence-electron chi connectivity index (χ0n) is 11.6. The van der Waals surface area contributed by atoms with Crippen LogP contribution in [-0.4, -0.2) is 60.1 Å². The summed E-state index contributed by atoms with van der Waals surface area (Å²) in [6.07, 6.45) is 0.591. The second-order valence-electron chi connectivity index (χ2n) is 4.96. The summed E-state index contributed by atoms with van der Waals surface area (Å²) in [5.41, 5.74) is 4.93. The van der Waals surface area contributed by atoms with Crippen molar-refractivity contribution in [2.75, 3.05) is 26.2 Å². The Bertz CT molecular complexity index is 374. The number of hydrogen-bond acceptors (Lipinski definition) is 4. The van der Waals surface area contributed by atoms with E-state index in [0.29, 0.717) is 12.5 Å². The third-order valence-corrected chi connectivity index (χ3v) is 3.38. The SMILES string of the molecule is CCN1CCC(CNC(=O)N[C@H](CC(N)=O)C(=O)O)C1. The van der Waals surface area contributed by atoms with Crippen LogP contribution in [0.15, 0.2) is 0 Å². The second kappa shape index (κ2) is 7.68. The number of hydrogen-bond donors (Lipinski definition) is 4. The Balaban J connectivity index is 2.31. The first-order valence-electron chi connectivity index (χ1n) is 6.70. The first kappa shape index (κ1) is 16.2. The number of amides is 3. The van der Waals surface area contributed by atoms with Crippen LogP contribution in [0.25, 0.3) is 0 Å². The molecule has 0 radical (unpaired) electrons. The molecule has 0 aromatic carbocycles. The highest BCUT2D eigenvalue weighted by Crippen LogP contribution is 2.14. The number of likely N-dealkylation sites (tertiary alicyclic amines) is 1. The Labute approximate surface area is 117 Å². The first-order valence-corrected chi connectivity index (χ1v) is 6.70. The Morgan fingerprint density at radius 1 is 1.45 bits per heavy atom. The summed E-state index contributed by atoms with van der Waals surface area (Å²) in [5, 5.41) is 13.7. The quantitative estimate of drug-likeness (QED) is 0.475. The van der Waals surface area contributed by atoms with Crippen LogP contribution in [0.2, 0.25) is 0 Å². The number of rotatable bonds is 7. The van der Waals surface area contributed by atoms with Crippen LogP contribution in [0.1, 0.15) is 19.8 Å². The summed E-state index contributed by atoms with van der Waals surface area (Å²) in [6.45, 7) is 5.52. The molecule has 2 atom stereocenters. The van der Waals surface area contributed by atoms with Crippen LogP contribution in [0.4, 0.5) is 4.79 Å². The Kier molecular flexibility index (Phi) is 6.23. The molecule has 1 aliphatic heterocycles. The number of aliphatic carboxylic acids is 1. The van der Waals surface area contributed by atoms with Crippen LogP contribution in [-0.2, 0) is 9.59 Å². The van der Waals surface area contributed by atoms with Gasteiger partial charge in [-0.2, -0.15) is 0 Å². The van der Waals surface area contributed by atoms with Crippen LogP contribution in [0, 0.1) is 5.92 Å². The van der Waals surface area contributed by atoms with Gasteiger partial charge in [-0.15, -0.1) is 0 Å². The van der Waals surface area contributed by atoms with Crippen molar-refractivity contribution in [2.24, 2.45) is 11.7 Å². The predicted octanol–water partition coefficient (Wildman–Crippen LogP) is -1.04. The fourth-order valence-corrected chi connectivity index (χ4v) is 2.21. The van der Waals surface area contributed by atoms with E-state index in [1.807, 2.05) is 0 Å². The monoisotopic (exact) mass is 286 g/mol. The molecule has 1 rings (SSSR count). The lowest BCUT2D eigenvalue weighted by atomic mass is 10.1. The molecule has 114 valence electrons. The molecule has 0 aliphatic carbocycles. The predicted molar refractivity (Wildman–Crippen MR) is 72.0 cm³/mol. The smallest absolute Gasteiger partial charge is 0.326 e. The third-order valence-electron chi connectivity index (χ3n) is 3.38. The molecule has 20 heavy (non-hydrogen) atoms. The molecule has 3 amide bonds. The van der Waals surface area contributed by atoms with Crippen molar-refractivity contribution in [1.29, 1.82) is 0 Å². The van der Waals surface area contributed by atoms with E-state index in [0.717, 1.165) is 26.1 Å². The maximum atomic E-state index is 11.6. The molecule has 8 heteroatoms. The van der Waals surface area contributed by atoms with Gasteiger partial charge in [0.05, 0.1) is 6.42 Å². The molecule has 0 aromatic rings. The molecule has 1 saturated heterocycles. The molecule has 1 unspecified atom stereocenters. The molecule has 5 N–H and O–H groups in total. The van der Waals surface area contributed by atoms with E-state index in [4.69, 9.17) is 10.8 Å². The molecule has 8 nitrogen and oxygen atoms in total. The van der Waals surface area contributed by atoms with Gasteiger partial charge in [-0.05, 0) is 25.4 Å². The average molecular weight is 286 g/mol. The molecule has 1 heterocycles. The molecule has 1 aliphatic rings. The van der Waals surface area contributed by atoms with Gasteiger partial charge in [0.1, 0.15) is 6.04 Å². The van der Waals surface area contributed by atoms with Gasteiger partial charge >= 0.3 is 12.0 Å². The van der Waals surface area contributed by atoms with E-state index < -0.39 is 30.4 Å². The Morgan fingerprint density at radius 3 is 2.65 bits per heavy atom. The number of nitrogens with zero attached hydrogens (tertiary/aromatic N) is 1. The van der Waals surface area contributed by atoms with Crippen molar-refractivity contribution in [3.8, 4) is 0 Å². The summed E-state index contributed by atoms with van der Waals surface area (Å²) in [4.78, 5) is 35.5. The highest BCUT2D eigenvalue weighted by molar-refractivity contribution is 5.87. The van der Waals surface area contributed by atoms with Crippen molar-refractivity contribution >= 4 is 17.9 Å². The Morgan fingerprint density at radius 2 is 2.15 bits per heavy atom. The zero-order chi connectivity index (χ0) is 15.1. The van der Waals surface area contributed by atoms with Gasteiger partial charge in [0, 0.05) is 13.1 Å². The second-order valence-corrected chi connectivity index (χ2v) is 4.96. The van der Waals surface area contributed by atoms with Gasteiger partial charge < -0.3 is 26.4 Å². The molecule has 0 spiro atoms. The fourth-order valence-electron chi connectivity index (χ4n) is 2.21. The van der Waals surface area contributed by atoms with Gasteiger partial charge in [0.2, 0.25) is 5.91 Å². The summed E-state index contributed by atoms with van der Waals surface area (Å²) >= 11 is 0. The normalized spacial score (nSPS) is 20.4. The third kappa shape index (κ3) is 5.43. The number of carboxylic acids is 1. The number of carbonyl (C=O) groups is 3. The number of nitrogens with two attached hydrogens (primary N) is 1. The number of primary amides is 1. The average Bonchev–Trinajstić information content (AvgIpc) is 2.83. The van der Waals surface area contributed by atoms with Crippen molar-refractivity contribution in [3.05, 3.63) is 0 Å². The minimum Gasteiger partial charge on any atom is -0.480 e. The van der Waals surface area contributed by atoms with Crippen LogP contribution in [0.3, 0.4) is 0 Å². The summed E-state index contributed by atoms with van der Waals surface area (Å²) in [6, 6.07) is -1.88. The highest BCUT2D eigenvalue weighted by Gasteiger charge is 2.24. The first-order chi connectivity index (χ1) is 9.42. The number of urea groups is 1. The van der Waals surface area contributed by atoms with Gasteiger partial charge in [0.15, 0.2) is 0 Å². The molecule has 0 bridgehead atoms. The number of nitrogens with one attached hydrogen (secondary N) is 2. The van der Waals surface area contributed by atoms with Crippen LogP contribution >= 0.6 is 0 Å². The topological polar surface area (TPSA) is 125 Å². The molecule has 1 fully saturated rings. The lowest BCUT2D eigenvalue weighted by Gasteiger charge is -2.16. The minimum absolute atomic E-state index is 0.375. The van der Waals surface area contributed by atoms with Crippen molar-refractivity contribution in [2.45, 2.75) is 25.8 Å². The Hall–Kier alpha value is -1.83. The van der Waals surface area contributed by atoms with E-state index >= 15 is 0 Å². The van der Waals surface area contributed by atoms with E-state index in [1.165, 1.54) is 0 Å². The van der Waals surface area contributed by atoms with Crippen molar-refractivity contribution < 1.29 is 19.5 Å². The molecule has 0 aromatic heterocycles. The number of carbonyl (C=O) groups excluding carboxylic acids is 2. The van der Waals surface area contributed by atoms with Gasteiger partial charge in [-0.3, -0.25) is 4.79 Å². The summed E-state index contributed by atoms with van der Waals surface area (Å²) in [5.74, 6) is -1.68. The molecular weight excluding hydrogens is 264 g/mol. The lowest BCUT2D eigenvalue weighted by molar-refractivity contribution is -0.140. The van der Waals surface area contributed by atoms with E-state index in [1.54, 1.807) is 0 Å². The fraction of sp³-hybridized carbons (Fsp3) is 0.750. The molecular formula is C12H22N4O4. The van der Waals surface area contributed by atoms with Crippen molar-refractivity contribution in [3.63, 3.8) is 0 Å². The zero-order valence-corrected chi connectivity index (χ0v) is 11.6.